The Bertz CT molecular complexity index is 1100. The van der Waals surface area contributed by atoms with Crippen LogP contribution in [-0.2, 0) is 23.9 Å². The van der Waals surface area contributed by atoms with Crippen molar-refractivity contribution in [3.63, 3.8) is 0 Å². The molecule has 30 heavy (non-hydrogen) atoms. The molecule has 8 nitrogen and oxygen atoms in total. The van der Waals surface area contributed by atoms with Crippen LogP contribution in [0.3, 0.4) is 0 Å². The molecular formula is C19H17F2N5O3S. The lowest BCUT2D eigenvalue weighted by molar-refractivity contribution is -0.131. The molecule has 0 radical (unpaired) electrons. The molecular weight excluding hydrogens is 416 g/mol. The van der Waals surface area contributed by atoms with Gasteiger partial charge in [-0.1, -0.05) is 12.1 Å². The first kappa shape index (κ1) is 20.0. The summed E-state index contributed by atoms with van der Waals surface area (Å²) >= 11 is 1.40. The van der Waals surface area contributed by atoms with Gasteiger partial charge in [-0.15, -0.1) is 11.3 Å². The smallest absolute Gasteiger partial charge is 0.387 e. The number of carbonyl (C=O) groups is 2. The van der Waals surface area contributed by atoms with E-state index in [2.05, 4.69) is 20.1 Å². The zero-order valence-corrected chi connectivity index (χ0v) is 16.8. The maximum Gasteiger partial charge on any atom is 0.387 e. The Morgan fingerprint density at radius 3 is 2.63 bits per heavy atom. The lowest BCUT2D eigenvalue weighted by Crippen LogP contribution is -2.40. The molecule has 0 bridgehead atoms. The average Bonchev–Trinajstić information content (AvgIpc) is 3.38. The van der Waals surface area contributed by atoms with E-state index in [9.17, 15) is 18.4 Å². The molecule has 1 aromatic carbocycles. The number of alkyl halides is 2. The predicted molar refractivity (Wildman–Crippen MR) is 104 cm³/mol. The number of amides is 3. The molecule has 4 rings (SSSR count). The predicted octanol–water partition coefficient (Wildman–Crippen LogP) is 3.11. The van der Waals surface area contributed by atoms with Crippen LogP contribution in [0.1, 0.15) is 18.2 Å². The standard InChI is InChI=1S/C19H17F2N5O3S/c1-19(12-3-5-14(6-4-12)29-17(20)21)16(27)26(18(28)24-19)9-13-10-30-15(23-13)11-7-22-25(2)8-11/h3-8,10,17H,9H2,1-2H3,(H,24,28). The monoisotopic (exact) mass is 433 g/mol. The Morgan fingerprint density at radius 1 is 1.27 bits per heavy atom. The van der Waals surface area contributed by atoms with Crippen molar-refractivity contribution in [2.45, 2.75) is 25.6 Å². The summed E-state index contributed by atoms with van der Waals surface area (Å²) in [5, 5.41) is 9.31. The third kappa shape index (κ3) is 3.63. The maximum absolute atomic E-state index is 13.0. The summed E-state index contributed by atoms with van der Waals surface area (Å²) in [6, 6.07) is 5.06. The summed E-state index contributed by atoms with van der Waals surface area (Å²) in [6.07, 6.45) is 3.52. The fraction of sp³-hybridized carbons (Fsp3) is 0.263. The summed E-state index contributed by atoms with van der Waals surface area (Å²) in [5.41, 5.74) is 0.566. The van der Waals surface area contributed by atoms with Crippen LogP contribution in [-0.4, -0.2) is 38.2 Å². The van der Waals surface area contributed by atoms with Gasteiger partial charge in [-0.25, -0.2) is 9.78 Å². The van der Waals surface area contributed by atoms with Crippen molar-refractivity contribution in [2.75, 3.05) is 0 Å². The third-order valence-electron chi connectivity index (χ3n) is 4.76. The number of hydrogen-bond donors (Lipinski definition) is 1. The van der Waals surface area contributed by atoms with Crippen molar-refractivity contribution in [3.8, 4) is 16.3 Å². The van der Waals surface area contributed by atoms with Gasteiger partial charge in [0.1, 0.15) is 16.3 Å². The minimum absolute atomic E-state index is 0.0175. The highest BCUT2D eigenvalue weighted by Gasteiger charge is 2.49. The Kier molecular flexibility index (Phi) is 4.98. The number of urea groups is 1. The van der Waals surface area contributed by atoms with Crippen LogP contribution in [0.4, 0.5) is 13.6 Å². The van der Waals surface area contributed by atoms with Gasteiger partial charge < -0.3 is 10.1 Å². The van der Waals surface area contributed by atoms with E-state index in [1.165, 1.54) is 35.6 Å². The Hall–Kier alpha value is -3.34. The Labute approximate surface area is 174 Å². The first-order chi connectivity index (χ1) is 14.3. The Balaban J connectivity index is 1.52. The number of benzene rings is 1. The maximum atomic E-state index is 13.0. The van der Waals surface area contributed by atoms with Crippen molar-refractivity contribution in [3.05, 3.63) is 53.3 Å². The first-order valence-corrected chi connectivity index (χ1v) is 9.77. The van der Waals surface area contributed by atoms with E-state index in [1.54, 1.807) is 30.2 Å². The van der Waals surface area contributed by atoms with Crippen LogP contribution in [0.2, 0.25) is 0 Å². The zero-order chi connectivity index (χ0) is 21.5. The molecule has 11 heteroatoms. The zero-order valence-electron chi connectivity index (χ0n) is 16.0. The summed E-state index contributed by atoms with van der Waals surface area (Å²) in [5.74, 6) is -0.484. The Morgan fingerprint density at radius 2 is 2.00 bits per heavy atom. The lowest BCUT2D eigenvalue weighted by Gasteiger charge is -2.22. The number of ether oxygens (including phenoxy) is 1. The minimum Gasteiger partial charge on any atom is -0.435 e. The summed E-state index contributed by atoms with van der Waals surface area (Å²) in [4.78, 5) is 31.1. The van der Waals surface area contributed by atoms with Crippen molar-refractivity contribution in [2.24, 2.45) is 7.05 Å². The molecule has 1 saturated heterocycles. The van der Waals surface area contributed by atoms with E-state index in [0.717, 1.165) is 15.5 Å². The molecule has 1 fully saturated rings. The van der Waals surface area contributed by atoms with Crippen LogP contribution in [0, 0.1) is 0 Å². The molecule has 1 aliphatic heterocycles. The molecule has 1 N–H and O–H groups in total. The van der Waals surface area contributed by atoms with Crippen molar-refractivity contribution >= 4 is 23.3 Å². The number of aryl methyl sites for hydroxylation is 1. The molecule has 0 saturated carbocycles. The number of nitrogens with zero attached hydrogens (tertiary/aromatic N) is 4. The average molecular weight is 433 g/mol. The number of carbonyl (C=O) groups excluding carboxylic acids is 2. The number of imide groups is 1. The second kappa shape index (κ2) is 7.48. The number of halogens is 2. The van der Waals surface area contributed by atoms with E-state index in [1.807, 2.05) is 6.20 Å². The number of hydrogen-bond acceptors (Lipinski definition) is 6. The fourth-order valence-corrected chi connectivity index (χ4v) is 4.00. The van der Waals surface area contributed by atoms with Gasteiger partial charge in [0, 0.05) is 24.2 Å². The van der Waals surface area contributed by atoms with Crippen LogP contribution in [0.15, 0.2) is 42.0 Å². The molecule has 1 unspecified atom stereocenters. The van der Waals surface area contributed by atoms with Gasteiger partial charge in [0.25, 0.3) is 5.91 Å². The quantitative estimate of drug-likeness (QED) is 0.604. The highest BCUT2D eigenvalue weighted by atomic mass is 32.1. The second-order valence-electron chi connectivity index (χ2n) is 6.90. The number of nitrogens with one attached hydrogen (secondary N) is 1. The molecule has 0 aliphatic carbocycles. The van der Waals surface area contributed by atoms with Gasteiger partial charge in [0.15, 0.2) is 0 Å². The number of thiazole rings is 1. The molecule has 3 heterocycles. The second-order valence-corrected chi connectivity index (χ2v) is 7.75. The number of aromatic nitrogens is 3. The van der Waals surface area contributed by atoms with Crippen LogP contribution in [0.5, 0.6) is 5.75 Å². The fourth-order valence-electron chi connectivity index (χ4n) is 3.21. The molecule has 156 valence electrons. The SMILES string of the molecule is Cn1cc(-c2nc(CN3C(=O)NC(C)(c4ccc(OC(F)F)cc4)C3=O)cs2)cn1. The van der Waals surface area contributed by atoms with Gasteiger partial charge in [0.05, 0.1) is 18.4 Å². The summed E-state index contributed by atoms with van der Waals surface area (Å²) in [7, 11) is 1.80. The van der Waals surface area contributed by atoms with Gasteiger partial charge in [-0.2, -0.15) is 13.9 Å². The molecule has 1 atom stereocenters. The van der Waals surface area contributed by atoms with Crippen molar-refractivity contribution < 1.29 is 23.1 Å². The van der Waals surface area contributed by atoms with Gasteiger partial charge in [-0.3, -0.25) is 14.4 Å². The molecule has 3 amide bonds. The minimum atomic E-state index is -2.94. The van der Waals surface area contributed by atoms with E-state index in [-0.39, 0.29) is 12.3 Å². The van der Waals surface area contributed by atoms with Crippen molar-refractivity contribution in [1.82, 2.24) is 25.0 Å². The van der Waals surface area contributed by atoms with E-state index in [0.29, 0.717) is 11.3 Å². The van der Waals surface area contributed by atoms with E-state index >= 15 is 0 Å². The van der Waals surface area contributed by atoms with Crippen LogP contribution < -0.4 is 10.1 Å². The van der Waals surface area contributed by atoms with Crippen LogP contribution >= 0.6 is 11.3 Å². The largest absolute Gasteiger partial charge is 0.435 e. The molecule has 3 aromatic rings. The molecule has 0 spiro atoms. The van der Waals surface area contributed by atoms with Gasteiger partial charge >= 0.3 is 12.6 Å². The summed E-state index contributed by atoms with van der Waals surface area (Å²) < 4.78 is 30.6. The van der Waals surface area contributed by atoms with E-state index < -0.39 is 24.1 Å². The van der Waals surface area contributed by atoms with Crippen LogP contribution in [0.25, 0.3) is 10.6 Å². The van der Waals surface area contributed by atoms with Crippen molar-refractivity contribution in [1.29, 1.82) is 0 Å². The highest BCUT2D eigenvalue weighted by Crippen LogP contribution is 2.32. The highest BCUT2D eigenvalue weighted by molar-refractivity contribution is 7.13. The van der Waals surface area contributed by atoms with Gasteiger partial charge in [-0.05, 0) is 24.6 Å². The normalized spacial score (nSPS) is 18.9. The number of rotatable bonds is 6. The molecule has 1 aliphatic rings. The first-order valence-electron chi connectivity index (χ1n) is 8.89. The lowest BCUT2D eigenvalue weighted by atomic mass is 9.92. The summed E-state index contributed by atoms with van der Waals surface area (Å²) in [6.45, 7) is -1.36. The third-order valence-corrected chi connectivity index (χ3v) is 5.70. The molecule has 2 aromatic heterocycles. The van der Waals surface area contributed by atoms with E-state index in [4.69, 9.17) is 0 Å². The van der Waals surface area contributed by atoms with Gasteiger partial charge in [0.2, 0.25) is 0 Å². The topological polar surface area (TPSA) is 89.4 Å².